The van der Waals surface area contributed by atoms with E-state index in [0.29, 0.717) is 11.0 Å². The van der Waals surface area contributed by atoms with Crippen LogP contribution in [0.25, 0.3) is 0 Å². The quantitative estimate of drug-likeness (QED) is 0.830. The monoisotopic (exact) mass is 270 g/mol. The Morgan fingerprint density at radius 3 is 2.79 bits per heavy atom. The van der Waals surface area contributed by atoms with E-state index in [0.717, 1.165) is 15.7 Å². The molecule has 0 amide bonds. The maximum atomic E-state index is 5.67. The summed E-state index contributed by atoms with van der Waals surface area (Å²) in [6, 6.07) is 6.55. The number of hydrogen-bond donors (Lipinski definition) is 2. The lowest BCUT2D eigenvalue weighted by Crippen LogP contribution is -2.14. The zero-order chi connectivity index (χ0) is 10.1. The van der Waals surface area contributed by atoms with Crippen LogP contribution in [0.1, 0.15) is 18.4 Å². The van der Waals surface area contributed by atoms with Crippen LogP contribution in [0, 0.1) is 0 Å². The molecule has 0 unspecified atom stereocenters. The number of anilines is 1. The molecule has 0 saturated heterocycles. The van der Waals surface area contributed by atoms with Crippen molar-refractivity contribution < 1.29 is 0 Å². The SMILES string of the molecule is NC(=S)c1c(Br)cccc1NC1CC1. The van der Waals surface area contributed by atoms with E-state index in [1.165, 1.54) is 12.8 Å². The van der Waals surface area contributed by atoms with E-state index < -0.39 is 0 Å². The Kier molecular flexibility index (Phi) is 2.74. The van der Waals surface area contributed by atoms with E-state index in [-0.39, 0.29) is 0 Å². The fourth-order valence-corrected chi connectivity index (χ4v) is 2.27. The van der Waals surface area contributed by atoms with Crippen LogP contribution in [0.2, 0.25) is 0 Å². The molecule has 0 aromatic heterocycles. The van der Waals surface area contributed by atoms with Gasteiger partial charge in [-0.25, -0.2) is 0 Å². The molecule has 3 N–H and O–H groups in total. The highest BCUT2D eigenvalue weighted by Gasteiger charge is 2.22. The molecule has 1 aromatic rings. The van der Waals surface area contributed by atoms with Crippen molar-refractivity contribution in [3.8, 4) is 0 Å². The zero-order valence-corrected chi connectivity index (χ0v) is 9.99. The fourth-order valence-electron chi connectivity index (χ4n) is 1.34. The first-order valence-corrected chi connectivity index (χ1v) is 5.73. The molecule has 1 aliphatic rings. The van der Waals surface area contributed by atoms with E-state index in [4.69, 9.17) is 18.0 Å². The Morgan fingerprint density at radius 2 is 2.21 bits per heavy atom. The number of nitrogens with one attached hydrogen (secondary N) is 1. The van der Waals surface area contributed by atoms with Gasteiger partial charge in [-0.3, -0.25) is 0 Å². The Labute approximate surface area is 97.0 Å². The van der Waals surface area contributed by atoms with Crippen LogP contribution in [0.15, 0.2) is 22.7 Å². The highest BCUT2D eigenvalue weighted by molar-refractivity contribution is 9.10. The molecule has 0 spiro atoms. The van der Waals surface area contributed by atoms with E-state index in [1.807, 2.05) is 18.2 Å². The lowest BCUT2D eigenvalue weighted by Gasteiger charge is -2.11. The lowest BCUT2D eigenvalue weighted by molar-refractivity contribution is 1.15. The van der Waals surface area contributed by atoms with Crippen LogP contribution in [0.3, 0.4) is 0 Å². The third kappa shape index (κ3) is 2.07. The van der Waals surface area contributed by atoms with Crippen molar-refractivity contribution in [3.63, 3.8) is 0 Å². The van der Waals surface area contributed by atoms with Crippen molar-refractivity contribution in [1.82, 2.24) is 0 Å². The molecule has 1 saturated carbocycles. The van der Waals surface area contributed by atoms with E-state index in [1.54, 1.807) is 0 Å². The molecular formula is C10H11BrN2S. The zero-order valence-electron chi connectivity index (χ0n) is 7.59. The van der Waals surface area contributed by atoms with Crippen LogP contribution >= 0.6 is 28.1 Å². The minimum atomic E-state index is 0.431. The largest absolute Gasteiger partial charge is 0.389 e. The molecule has 0 bridgehead atoms. The number of rotatable bonds is 3. The maximum absolute atomic E-state index is 5.67. The molecule has 0 atom stereocenters. The van der Waals surface area contributed by atoms with Gasteiger partial charge in [0.2, 0.25) is 0 Å². The minimum Gasteiger partial charge on any atom is -0.389 e. The molecule has 4 heteroatoms. The van der Waals surface area contributed by atoms with Gasteiger partial charge in [0.25, 0.3) is 0 Å². The standard InChI is InChI=1S/C10H11BrN2S/c11-7-2-1-3-8(9(7)10(12)14)13-6-4-5-6/h1-3,6,13H,4-5H2,(H2,12,14). The molecule has 1 aromatic carbocycles. The number of halogens is 1. The van der Waals surface area contributed by atoms with Crippen molar-refractivity contribution in [2.24, 2.45) is 5.73 Å². The van der Waals surface area contributed by atoms with Gasteiger partial charge in [-0.15, -0.1) is 0 Å². The summed E-state index contributed by atoms with van der Waals surface area (Å²) < 4.78 is 0.954. The summed E-state index contributed by atoms with van der Waals surface area (Å²) in [4.78, 5) is 0.431. The van der Waals surface area contributed by atoms with Crippen LogP contribution in [-0.4, -0.2) is 11.0 Å². The van der Waals surface area contributed by atoms with E-state index in [9.17, 15) is 0 Å². The summed E-state index contributed by atoms with van der Waals surface area (Å²) in [5.41, 5.74) is 7.62. The van der Waals surface area contributed by atoms with Crippen LogP contribution < -0.4 is 11.1 Å². The van der Waals surface area contributed by atoms with Gasteiger partial charge in [-0.05, 0) is 40.9 Å². The highest BCUT2D eigenvalue weighted by Crippen LogP contribution is 2.30. The first-order chi connectivity index (χ1) is 6.68. The minimum absolute atomic E-state index is 0.431. The van der Waals surface area contributed by atoms with E-state index >= 15 is 0 Å². The van der Waals surface area contributed by atoms with Crippen molar-refractivity contribution in [2.75, 3.05) is 5.32 Å². The normalized spacial score (nSPS) is 15.2. The predicted octanol–water partition coefficient (Wildman–Crippen LogP) is 2.66. The Balaban J connectivity index is 2.35. The molecule has 1 fully saturated rings. The Morgan fingerprint density at radius 1 is 1.50 bits per heavy atom. The third-order valence-electron chi connectivity index (χ3n) is 2.20. The van der Waals surface area contributed by atoms with Crippen LogP contribution in [-0.2, 0) is 0 Å². The average Bonchev–Trinajstić information content (AvgIpc) is 2.87. The molecular weight excluding hydrogens is 260 g/mol. The summed E-state index contributed by atoms with van der Waals surface area (Å²) in [6.07, 6.45) is 2.48. The highest BCUT2D eigenvalue weighted by atomic mass is 79.9. The fraction of sp³-hybridized carbons (Fsp3) is 0.300. The summed E-state index contributed by atoms with van der Waals surface area (Å²) in [6.45, 7) is 0. The molecule has 0 heterocycles. The van der Waals surface area contributed by atoms with Crippen molar-refractivity contribution in [3.05, 3.63) is 28.2 Å². The predicted molar refractivity (Wildman–Crippen MR) is 66.7 cm³/mol. The van der Waals surface area contributed by atoms with Gasteiger partial charge in [0.1, 0.15) is 4.99 Å². The summed E-state index contributed by atoms with van der Waals surface area (Å²) in [5, 5.41) is 3.41. The third-order valence-corrected chi connectivity index (χ3v) is 3.06. The topological polar surface area (TPSA) is 38.0 Å². The van der Waals surface area contributed by atoms with Gasteiger partial charge < -0.3 is 11.1 Å². The second kappa shape index (κ2) is 3.87. The lowest BCUT2D eigenvalue weighted by atomic mass is 10.2. The van der Waals surface area contributed by atoms with Gasteiger partial charge >= 0.3 is 0 Å². The summed E-state index contributed by atoms with van der Waals surface area (Å²) in [5.74, 6) is 0. The van der Waals surface area contributed by atoms with Gasteiger partial charge in [0, 0.05) is 21.8 Å². The van der Waals surface area contributed by atoms with Gasteiger partial charge in [0.05, 0.1) is 0 Å². The molecule has 2 nitrogen and oxygen atoms in total. The van der Waals surface area contributed by atoms with Gasteiger partial charge in [0.15, 0.2) is 0 Å². The smallest absolute Gasteiger partial charge is 0.107 e. The van der Waals surface area contributed by atoms with Gasteiger partial charge in [-0.2, -0.15) is 0 Å². The summed E-state index contributed by atoms with van der Waals surface area (Å²) in [7, 11) is 0. The Bertz CT molecular complexity index is 374. The Hall–Kier alpha value is -0.610. The first-order valence-electron chi connectivity index (χ1n) is 4.53. The molecule has 0 radical (unpaired) electrons. The van der Waals surface area contributed by atoms with Crippen molar-refractivity contribution in [2.45, 2.75) is 18.9 Å². The number of hydrogen-bond acceptors (Lipinski definition) is 2. The molecule has 14 heavy (non-hydrogen) atoms. The van der Waals surface area contributed by atoms with Crippen LogP contribution in [0.4, 0.5) is 5.69 Å². The molecule has 0 aliphatic heterocycles. The second-order valence-electron chi connectivity index (χ2n) is 3.45. The second-order valence-corrected chi connectivity index (χ2v) is 4.74. The number of thiocarbonyl (C=S) groups is 1. The molecule has 1 aliphatic carbocycles. The van der Waals surface area contributed by atoms with Crippen LogP contribution in [0.5, 0.6) is 0 Å². The first kappa shape index (κ1) is 9.93. The maximum Gasteiger partial charge on any atom is 0.107 e. The van der Waals surface area contributed by atoms with Gasteiger partial charge in [-0.1, -0.05) is 18.3 Å². The molecule has 74 valence electrons. The average molecular weight is 271 g/mol. The summed E-state index contributed by atoms with van der Waals surface area (Å²) >= 11 is 8.47. The number of nitrogens with two attached hydrogens (primary N) is 1. The molecule has 2 rings (SSSR count). The van der Waals surface area contributed by atoms with Crippen molar-refractivity contribution in [1.29, 1.82) is 0 Å². The van der Waals surface area contributed by atoms with Crippen molar-refractivity contribution >= 4 is 38.8 Å². The van der Waals surface area contributed by atoms with E-state index in [2.05, 4.69) is 21.2 Å². The number of benzene rings is 1.